The van der Waals surface area contributed by atoms with Crippen molar-refractivity contribution in [3.05, 3.63) is 0 Å². The third-order valence-corrected chi connectivity index (χ3v) is 4.62. The monoisotopic (exact) mass is 518 g/mol. The van der Waals surface area contributed by atoms with Gasteiger partial charge in [0.1, 0.15) is 18.1 Å². The van der Waals surface area contributed by atoms with Crippen LogP contribution in [-0.4, -0.2) is 86.9 Å². The molecule has 36 heavy (non-hydrogen) atoms. The van der Waals surface area contributed by atoms with Crippen LogP contribution in [0.1, 0.15) is 44.9 Å². The lowest BCUT2D eigenvalue weighted by molar-refractivity contribution is -0.144. The molecular formula is C19H30N6O11. The van der Waals surface area contributed by atoms with Crippen LogP contribution in [0.15, 0.2) is 0 Å². The molecule has 0 aromatic carbocycles. The summed E-state index contributed by atoms with van der Waals surface area (Å²) >= 11 is 0. The van der Waals surface area contributed by atoms with Crippen molar-refractivity contribution >= 4 is 47.4 Å². The summed E-state index contributed by atoms with van der Waals surface area (Å²) in [6, 6.07) is -6.23. The number of rotatable bonds is 18. The minimum Gasteiger partial charge on any atom is -0.481 e. The number of carboxylic acid groups (broad SMARTS) is 3. The van der Waals surface area contributed by atoms with Gasteiger partial charge in [-0.1, -0.05) is 0 Å². The molecule has 0 aromatic heterocycles. The Bertz CT molecular complexity index is 878. The third kappa shape index (κ3) is 13.4. The summed E-state index contributed by atoms with van der Waals surface area (Å²) in [6.45, 7) is 0. The predicted octanol–water partition coefficient (Wildman–Crippen LogP) is -4.28. The Kier molecular flexibility index (Phi) is 13.7. The number of nitrogens with one attached hydrogen (secondary N) is 3. The van der Waals surface area contributed by atoms with Gasteiger partial charge in [-0.2, -0.15) is 0 Å². The van der Waals surface area contributed by atoms with E-state index in [1.807, 2.05) is 5.32 Å². The molecule has 0 aliphatic heterocycles. The molecule has 0 aromatic rings. The molecule has 0 spiro atoms. The molecule has 17 heteroatoms. The Balaban J connectivity index is 5.64. The molecule has 0 saturated carbocycles. The second kappa shape index (κ2) is 15.6. The first-order valence-electron chi connectivity index (χ1n) is 10.5. The number of hydrogen-bond donors (Lipinski definition) is 9. The maximum atomic E-state index is 12.8. The molecule has 0 rings (SSSR count). The molecule has 0 radical (unpaired) electrons. The number of primary amides is 2. The molecule has 0 fully saturated rings. The standard InChI is InChI=1S/C19H30N6O11/c20-8(1-5-14(28)29)16(32)23-9(2-4-12(21)26)17(33)24-10(3-6-15(30)31)18(34)25-11(19(35)36)7-13(22)27/h8-11H,1-7,20H2,(H2,21,26)(H2,22,27)(H,23,32)(H,24,33)(H,25,34)(H,28,29)(H,30,31)(H,35,36). The molecular weight excluding hydrogens is 488 g/mol. The lowest BCUT2D eigenvalue weighted by atomic mass is 10.1. The quantitative estimate of drug-likeness (QED) is 0.0832. The van der Waals surface area contributed by atoms with Gasteiger partial charge in [-0.05, 0) is 19.3 Å². The van der Waals surface area contributed by atoms with E-state index in [0.29, 0.717) is 0 Å². The van der Waals surface area contributed by atoms with E-state index in [4.69, 9.17) is 32.5 Å². The van der Waals surface area contributed by atoms with E-state index in [1.165, 1.54) is 0 Å². The fourth-order valence-electron chi connectivity index (χ4n) is 2.73. The zero-order chi connectivity index (χ0) is 28.0. The summed E-state index contributed by atoms with van der Waals surface area (Å²) in [5.41, 5.74) is 15.6. The summed E-state index contributed by atoms with van der Waals surface area (Å²) in [6.07, 6.45) is -3.40. The number of amides is 5. The number of carbonyl (C=O) groups is 8. The Morgan fingerprint density at radius 2 is 1.00 bits per heavy atom. The van der Waals surface area contributed by atoms with Gasteiger partial charge in [0.25, 0.3) is 0 Å². The van der Waals surface area contributed by atoms with E-state index in [9.17, 15) is 38.4 Å². The molecule has 4 unspecified atom stereocenters. The van der Waals surface area contributed by atoms with Gasteiger partial charge in [-0.3, -0.25) is 33.6 Å². The van der Waals surface area contributed by atoms with Crippen molar-refractivity contribution in [1.29, 1.82) is 0 Å². The number of hydrogen-bond acceptors (Lipinski definition) is 9. The summed E-state index contributed by atoms with van der Waals surface area (Å²) in [4.78, 5) is 92.8. The predicted molar refractivity (Wildman–Crippen MR) is 117 cm³/mol. The minimum atomic E-state index is -1.77. The summed E-state index contributed by atoms with van der Waals surface area (Å²) in [5.74, 6) is -9.25. The van der Waals surface area contributed by atoms with Crippen LogP contribution in [-0.2, 0) is 38.4 Å². The van der Waals surface area contributed by atoms with E-state index < -0.39 is 104 Å². The second-order valence-electron chi connectivity index (χ2n) is 7.67. The first-order chi connectivity index (χ1) is 16.6. The molecule has 202 valence electrons. The Morgan fingerprint density at radius 1 is 0.583 bits per heavy atom. The van der Waals surface area contributed by atoms with Crippen molar-refractivity contribution < 1.29 is 53.7 Å². The summed E-state index contributed by atoms with van der Waals surface area (Å²) in [7, 11) is 0. The summed E-state index contributed by atoms with van der Waals surface area (Å²) < 4.78 is 0. The van der Waals surface area contributed by atoms with Crippen molar-refractivity contribution in [2.45, 2.75) is 69.1 Å². The second-order valence-corrected chi connectivity index (χ2v) is 7.67. The highest BCUT2D eigenvalue weighted by Crippen LogP contribution is 2.05. The van der Waals surface area contributed by atoms with Gasteiger partial charge < -0.3 is 48.5 Å². The number of aliphatic carboxylic acids is 3. The van der Waals surface area contributed by atoms with Crippen LogP contribution in [0.5, 0.6) is 0 Å². The SMILES string of the molecule is NC(=O)CCC(NC(=O)C(N)CCC(=O)O)C(=O)NC(CCC(=O)O)C(=O)NC(CC(N)=O)C(=O)O. The van der Waals surface area contributed by atoms with E-state index in [1.54, 1.807) is 0 Å². The molecule has 5 amide bonds. The average Bonchev–Trinajstić information content (AvgIpc) is 2.75. The van der Waals surface area contributed by atoms with E-state index in [2.05, 4.69) is 10.6 Å². The van der Waals surface area contributed by atoms with Gasteiger partial charge in [-0.25, -0.2) is 4.79 Å². The molecule has 17 nitrogen and oxygen atoms in total. The Morgan fingerprint density at radius 3 is 1.42 bits per heavy atom. The van der Waals surface area contributed by atoms with Crippen LogP contribution in [0.3, 0.4) is 0 Å². The zero-order valence-corrected chi connectivity index (χ0v) is 19.1. The highest BCUT2D eigenvalue weighted by Gasteiger charge is 2.31. The van der Waals surface area contributed by atoms with Gasteiger partial charge in [0.2, 0.25) is 29.5 Å². The van der Waals surface area contributed by atoms with Crippen LogP contribution in [0.2, 0.25) is 0 Å². The van der Waals surface area contributed by atoms with Crippen molar-refractivity contribution in [3.8, 4) is 0 Å². The highest BCUT2D eigenvalue weighted by molar-refractivity contribution is 5.95. The van der Waals surface area contributed by atoms with Gasteiger partial charge in [-0.15, -0.1) is 0 Å². The molecule has 0 bridgehead atoms. The largest absolute Gasteiger partial charge is 0.481 e. The van der Waals surface area contributed by atoms with Crippen LogP contribution in [0.4, 0.5) is 0 Å². The molecule has 0 saturated heterocycles. The number of nitrogens with two attached hydrogens (primary N) is 3. The Hall–Kier alpha value is -4.28. The van der Waals surface area contributed by atoms with E-state index in [0.717, 1.165) is 0 Å². The first kappa shape index (κ1) is 31.7. The van der Waals surface area contributed by atoms with Gasteiger partial charge in [0.05, 0.1) is 12.5 Å². The van der Waals surface area contributed by atoms with Crippen LogP contribution < -0.4 is 33.2 Å². The molecule has 0 heterocycles. The minimum absolute atomic E-state index is 0.272. The van der Waals surface area contributed by atoms with Crippen molar-refractivity contribution in [1.82, 2.24) is 16.0 Å². The maximum Gasteiger partial charge on any atom is 0.326 e. The lowest BCUT2D eigenvalue weighted by Crippen LogP contribution is -2.57. The zero-order valence-electron chi connectivity index (χ0n) is 19.1. The molecule has 0 aliphatic carbocycles. The van der Waals surface area contributed by atoms with E-state index in [-0.39, 0.29) is 12.8 Å². The highest BCUT2D eigenvalue weighted by atomic mass is 16.4. The summed E-state index contributed by atoms with van der Waals surface area (Å²) in [5, 5.41) is 33.1. The van der Waals surface area contributed by atoms with Crippen molar-refractivity contribution in [2.75, 3.05) is 0 Å². The van der Waals surface area contributed by atoms with Gasteiger partial charge >= 0.3 is 17.9 Å². The van der Waals surface area contributed by atoms with Crippen LogP contribution in [0.25, 0.3) is 0 Å². The third-order valence-electron chi connectivity index (χ3n) is 4.62. The Labute approximate surface area is 204 Å². The van der Waals surface area contributed by atoms with Crippen molar-refractivity contribution in [3.63, 3.8) is 0 Å². The topological polar surface area (TPSA) is 311 Å². The normalized spacial score (nSPS) is 13.8. The van der Waals surface area contributed by atoms with Crippen molar-refractivity contribution in [2.24, 2.45) is 17.2 Å². The van der Waals surface area contributed by atoms with Crippen LogP contribution in [0, 0.1) is 0 Å². The number of carbonyl (C=O) groups excluding carboxylic acids is 5. The molecule has 12 N–H and O–H groups in total. The average molecular weight is 518 g/mol. The molecule has 4 atom stereocenters. The molecule has 0 aliphatic rings. The lowest BCUT2D eigenvalue weighted by Gasteiger charge is -2.24. The smallest absolute Gasteiger partial charge is 0.326 e. The van der Waals surface area contributed by atoms with Gasteiger partial charge in [0, 0.05) is 19.3 Å². The number of carboxylic acids is 3. The van der Waals surface area contributed by atoms with Gasteiger partial charge in [0.15, 0.2) is 0 Å². The fraction of sp³-hybridized carbons (Fsp3) is 0.579. The first-order valence-corrected chi connectivity index (χ1v) is 10.5. The fourth-order valence-corrected chi connectivity index (χ4v) is 2.73. The maximum absolute atomic E-state index is 12.8. The van der Waals surface area contributed by atoms with E-state index >= 15 is 0 Å². The van der Waals surface area contributed by atoms with Crippen LogP contribution >= 0.6 is 0 Å².